The molecule has 100 valence electrons. The molecule has 0 saturated carbocycles. The first-order valence-electron chi connectivity index (χ1n) is 5.05. The lowest BCUT2D eigenvalue weighted by Gasteiger charge is -2.07. The fourth-order valence-electron chi connectivity index (χ4n) is 1.39. The molecule has 1 N–H and O–H groups in total. The van der Waals surface area contributed by atoms with Crippen LogP contribution in [0.15, 0.2) is 40.4 Å². The van der Waals surface area contributed by atoms with Gasteiger partial charge in [0.05, 0.1) is 0 Å². The normalized spacial score (nSPS) is 16.7. The topological polar surface area (TPSA) is 93.0 Å². The molecule has 0 bridgehead atoms. The van der Waals surface area contributed by atoms with Crippen molar-refractivity contribution in [2.75, 3.05) is 6.61 Å². The first-order chi connectivity index (χ1) is 8.93. The first kappa shape index (κ1) is 13.2. The standard InChI is InChI=1S/C11H8FNO5S/c12-8-3-1-2-4-9(8)18-6-7-5-13-10(11(14)15)19(7,16)17/h1-5H,6H2,(H,14,15). The van der Waals surface area contributed by atoms with Gasteiger partial charge in [0.15, 0.2) is 11.6 Å². The van der Waals surface area contributed by atoms with Crippen LogP contribution >= 0.6 is 0 Å². The molecule has 8 heteroatoms. The molecule has 6 nitrogen and oxygen atoms in total. The Morgan fingerprint density at radius 1 is 1.37 bits per heavy atom. The van der Waals surface area contributed by atoms with E-state index in [1.807, 2.05) is 0 Å². The molecule has 0 aliphatic carbocycles. The van der Waals surface area contributed by atoms with Crippen molar-refractivity contribution in [3.05, 3.63) is 41.2 Å². The fraction of sp³-hybridized carbons (Fsp3) is 0.0909. The third kappa shape index (κ3) is 2.48. The highest BCUT2D eigenvalue weighted by Crippen LogP contribution is 2.21. The van der Waals surface area contributed by atoms with Gasteiger partial charge in [-0.2, -0.15) is 0 Å². The second-order valence-corrected chi connectivity index (χ2v) is 5.48. The summed E-state index contributed by atoms with van der Waals surface area (Å²) < 4.78 is 41.6. The molecule has 0 unspecified atom stereocenters. The number of ether oxygens (including phenoxy) is 1. The van der Waals surface area contributed by atoms with Crippen molar-refractivity contribution in [3.63, 3.8) is 0 Å². The van der Waals surface area contributed by atoms with Crippen molar-refractivity contribution in [2.45, 2.75) is 0 Å². The Morgan fingerprint density at radius 2 is 2.05 bits per heavy atom. The van der Waals surface area contributed by atoms with Gasteiger partial charge in [-0.1, -0.05) is 12.1 Å². The van der Waals surface area contributed by atoms with Crippen LogP contribution in [-0.2, 0) is 14.6 Å². The van der Waals surface area contributed by atoms with Crippen molar-refractivity contribution >= 4 is 20.9 Å². The number of hydrogen-bond donors (Lipinski definition) is 1. The summed E-state index contributed by atoms with van der Waals surface area (Å²) in [5, 5.41) is 7.69. The zero-order chi connectivity index (χ0) is 14.0. The summed E-state index contributed by atoms with van der Waals surface area (Å²) in [5.41, 5.74) is 0. The second-order valence-electron chi connectivity index (χ2n) is 3.56. The Balaban J connectivity index is 2.12. The van der Waals surface area contributed by atoms with Gasteiger partial charge in [0.1, 0.15) is 11.5 Å². The van der Waals surface area contributed by atoms with E-state index >= 15 is 0 Å². The van der Waals surface area contributed by atoms with Crippen LogP contribution in [-0.4, -0.2) is 31.1 Å². The summed E-state index contributed by atoms with van der Waals surface area (Å²) in [6, 6.07) is 5.47. The number of sulfone groups is 1. The van der Waals surface area contributed by atoms with E-state index in [-0.39, 0.29) is 10.7 Å². The van der Waals surface area contributed by atoms with Crippen LogP contribution in [0, 0.1) is 5.82 Å². The molecule has 1 heterocycles. The smallest absolute Gasteiger partial charge is 0.366 e. The van der Waals surface area contributed by atoms with E-state index in [1.54, 1.807) is 0 Å². The predicted molar refractivity (Wildman–Crippen MR) is 64.0 cm³/mol. The largest absolute Gasteiger partial charge is 0.485 e. The minimum Gasteiger partial charge on any atom is -0.485 e. The van der Waals surface area contributed by atoms with Gasteiger partial charge in [-0.05, 0) is 12.1 Å². The first-order valence-corrected chi connectivity index (χ1v) is 6.54. The number of carboxylic acid groups (broad SMARTS) is 1. The number of aliphatic carboxylic acids is 1. The zero-order valence-corrected chi connectivity index (χ0v) is 10.2. The van der Waals surface area contributed by atoms with Crippen LogP contribution in [0.1, 0.15) is 0 Å². The quantitative estimate of drug-likeness (QED) is 0.889. The highest BCUT2D eigenvalue weighted by Gasteiger charge is 2.35. The number of aliphatic imine (C=N–C) groups is 1. The number of benzene rings is 1. The zero-order valence-electron chi connectivity index (χ0n) is 9.41. The van der Waals surface area contributed by atoms with Gasteiger partial charge >= 0.3 is 5.97 Å². The van der Waals surface area contributed by atoms with Crippen LogP contribution in [0.25, 0.3) is 0 Å². The van der Waals surface area contributed by atoms with Crippen LogP contribution in [0.4, 0.5) is 4.39 Å². The molecule has 0 saturated heterocycles. The highest BCUT2D eigenvalue weighted by molar-refractivity contribution is 8.11. The van der Waals surface area contributed by atoms with Crippen LogP contribution in [0.3, 0.4) is 0 Å². The molecule has 0 aromatic heterocycles. The number of carbonyl (C=O) groups is 1. The third-order valence-electron chi connectivity index (χ3n) is 2.32. The fourth-order valence-corrected chi connectivity index (χ4v) is 2.46. The SMILES string of the molecule is O=C(O)C1=NC=C(COc2ccccc2F)S1(=O)=O. The average molecular weight is 285 g/mol. The summed E-state index contributed by atoms with van der Waals surface area (Å²) >= 11 is 0. The minimum atomic E-state index is -4.15. The molecule has 1 aliphatic heterocycles. The van der Waals surface area contributed by atoms with E-state index in [0.29, 0.717) is 0 Å². The Morgan fingerprint density at radius 3 is 2.63 bits per heavy atom. The van der Waals surface area contributed by atoms with Gasteiger partial charge < -0.3 is 9.84 Å². The van der Waals surface area contributed by atoms with Gasteiger partial charge in [0, 0.05) is 6.20 Å². The van der Waals surface area contributed by atoms with E-state index in [9.17, 15) is 17.6 Å². The molecule has 1 aromatic carbocycles. The maximum atomic E-state index is 13.2. The van der Waals surface area contributed by atoms with Gasteiger partial charge in [-0.3, -0.25) is 0 Å². The van der Waals surface area contributed by atoms with Crippen LogP contribution in [0.2, 0.25) is 0 Å². The summed E-state index contributed by atoms with van der Waals surface area (Å²) in [5.74, 6) is -2.41. The number of nitrogens with zero attached hydrogens (tertiary/aromatic N) is 1. The van der Waals surface area contributed by atoms with E-state index < -0.39 is 33.3 Å². The van der Waals surface area contributed by atoms with Gasteiger partial charge in [-0.25, -0.2) is 22.6 Å². The number of hydrogen-bond acceptors (Lipinski definition) is 5. The third-order valence-corrected chi connectivity index (χ3v) is 4.02. The molecule has 19 heavy (non-hydrogen) atoms. The number of halogens is 1. The maximum Gasteiger partial charge on any atom is 0.366 e. The van der Waals surface area contributed by atoms with Crippen molar-refractivity contribution in [2.24, 2.45) is 4.99 Å². The summed E-state index contributed by atoms with van der Waals surface area (Å²) in [7, 11) is -4.15. The van der Waals surface area contributed by atoms with Crippen molar-refractivity contribution < 1.29 is 27.4 Å². The molecular weight excluding hydrogens is 277 g/mol. The maximum absolute atomic E-state index is 13.2. The van der Waals surface area contributed by atoms with Gasteiger partial charge in [-0.15, -0.1) is 0 Å². The molecule has 1 aromatic rings. The van der Waals surface area contributed by atoms with Gasteiger partial charge in [0.25, 0.3) is 0 Å². The van der Waals surface area contributed by atoms with E-state index in [2.05, 4.69) is 4.99 Å². The Labute approximate surface area is 107 Å². The van der Waals surface area contributed by atoms with Crippen LogP contribution in [0.5, 0.6) is 5.75 Å². The lowest BCUT2D eigenvalue weighted by Crippen LogP contribution is -2.24. The number of para-hydroxylation sites is 1. The van der Waals surface area contributed by atoms with Crippen molar-refractivity contribution in [1.29, 1.82) is 0 Å². The Kier molecular flexibility index (Phi) is 3.34. The Hall–Kier alpha value is -2.22. The molecule has 1 aliphatic rings. The average Bonchev–Trinajstić information content (AvgIpc) is 2.63. The molecule has 0 fully saturated rings. The minimum absolute atomic E-state index is 0.123. The van der Waals surface area contributed by atoms with E-state index in [0.717, 1.165) is 12.3 Å². The molecule has 0 spiro atoms. The molecule has 0 atom stereocenters. The van der Waals surface area contributed by atoms with Crippen molar-refractivity contribution in [1.82, 2.24) is 0 Å². The summed E-state index contributed by atoms with van der Waals surface area (Å²) in [6.07, 6.45) is 0.889. The number of carboxylic acids is 1. The van der Waals surface area contributed by atoms with Crippen molar-refractivity contribution in [3.8, 4) is 5.75 Å². The summed E-state index contributed by atoms with van der Waals surface area (Å²) in [4.78, 5) is 13.6. The monoisotopic (exact) mass is 285 g/mol. The molecule has 0 radical (unpaired) electrons. The van der Waals surface area contributed by atoms with E-state index in [4.69, 9.17) is 9.84 Å². The van der Waals surface area contributed by atoms with Crippen LogP contribution < -0.4 is 4.74 Å². The molecule has 2 rings (SSSR count). The lowest BCUT2D eigenvalue weighted by atomic mass is 10.3. The van der Waals surface area contributed by atoms with Gasteiger partial charge in [0.2, 0.25) is 14.9 Å². The highest BCUT2D eigenvalue weighted by atomic mass is 32.2. The van der Waals surface area contributed by atoms with E-state index in [1.165, 1.54) is 18.2 Å². The second kappa shape index (κ2) is 4.81. The molecular formula is C11H8FNO5S. The Bertz CT molecular complexity index is 693. The lowest BCUT2D eigenvalue weighted by molar-refractivity contribution is -0.129. The summed E-state index contributed by atoms with van der Waals surface area (Å²) in [6.45, 7) is -0.483. The number of rotatable bonds is 4. The molecule has 0 amide bonds. The predicted octanol–water partition coefficient (Wildman–Crippen LogP) is 0.957.